The minimum absolute atomic E-state index is 0.0767. The normalized spacial score (nSPS) is 21.1. The summed E-state index contributed by atoms with van der Waals surface area (Å²) in [6.45, 7) is 9.66. The number of carbonyl (C=O) groups excluding carboxylic acids is 3. The van der Waals surface area contributed by atoms with Gasteiger partial charge in [-0.1, -0.05) is 38.1 Å². The van der Waals surface area contributed by atoms with Crippen LogP contribution in [0.15, 0.2) is 36.4 Å². The van der Waals surface area contributed by atoms with Gasteiger partial charge in [0, 0.05) is 30.8 Å². The Morgan fingerprint density at radius 2 is 1.94 bits per heavy atom. The molecule has 0 radical (unpaired) electrons. The van der Waals surface area contributed by atoms with Crippen LogP contribution >= 0.6 is 0 Å². The van der Waals surface area contributed by atoms with E-state index in [0.717, 1.165) is 22.6 Å². The van der Waals surface area contributed by atoms with E-state index in [-0.39, 0.29) is 24.8 Å². The molecule has 0 spiro atoms. The van der Waals surface area contributed by atoms with Crippen LogP contribution in [0.1, 0.15) is 53.0 Å². The number of amides is 3. The van der Waals surface area contributed by atoms with Crippen LogP contribution < -0.4 is 10.2 Å². The second kappa shape index (κ2) is 10.6. The molecule has 186 valence electrons. The molecule has 34 heavy (non-hydrogen) atoms. The Labute approximate surface area is 201 Å². The molecule has 0 aliphatic carbocycles. The highest BCUT2D eigenvalue weighted by Crippen LogP contribution is 2.28. The van der Waals surface area contributed by atoms with E-state index in [4.69, 9.17) is 4.74 Å². The van der Waals surface area contributed by atoms with Crippen molar-refractivity contribution >= 4 is 23.6 Å². The molecule has 3 amide bonds. The first-order valence-electron chi connectivity index (χ1n) is 12.0. The van der Waals surface area contributed by atoms with E-state index in [1.165, 1.54) is 6.08 Å². The van der Waals surface area contributed by atoms with Crippen LogP contribution in [0.3, 0.4) is 0 Å². The molecule has 1 N–H and O–H groups in total. The van der Waals surface area contributed by atoms with Crippen molar-refractivity contribution in [2.45, 2.75) is 77.7 Å². The van der Waals surface area contributed by atoms with E-state index in [0.29, 0.717) is 13.0 Å². The molecule has 0 bridgehead atoms. The topological polar surface area (TPSA) is 79.0 Å². The number of hydrogen-bond acceptors (Lipinski definition) is 4. The van der Waals surface area contributed by atoms with Gasteiger partial charge in [-0.05, 0) is 51.2 Å². The van der Waals surface area contributed by atoms with Gasteiger partial charge in [-0.25, -0.2) is 9.18 Å². The lowest BCUT2D eigenvalue weighted by Gasteiger charge is -2.28. The third kappa shape index (κ3) is 6.58. The molecule has 1 fully saturated rings. The molecular weight excluding hydrogens is 437 g/mol. The number of carbonyl (C=O) groups is 3. The summed E-state index contributed by atoms with van der Waals surface area (Å²) in [6.07, 6.45) is 2.53. The molecular formula is C26H36FN3O4. The number of benzene rings is 1. The fourth-order valence-electron chi connectivity index (χ4n) is 4.38. The molecule has 2 heterocycles. The van der Waals surface area contributed by atoms with Gasteiger partial charge >= 0.3 is 6.09 Å². The van der Waals surface area contributed by atoms with Gasteiger partial charge in [-0.2, -0.15) is 0 Å². The Kier molecular flexibility index (Phi) is 8.00. The molecule has 1 saturated heterocycles. The maximum absolute atomic E-state index is 14.2. The van der Waals surface area contributed by atoms with E-state index in [2.05, 4.69) is 5.32 Å². The van der Waals surface area contributed by atoms with Crippen molar-refractivity contribution in [2.24, 2.45) is 5.92 Å². The van der Waals surface area contributed by atoms with Gasteiger partial charge in [0.1, 0.15) is 17.8 Å². The van der Waals surface area contributed by atoms with E-state index in [1.807, 2.05) is 38.1 Å². The second-order valence-electron chi connectivity index (χ2n) is 10.5. The van der Waals surface area contributed by atoms with Crippen LogP contribution in [0.25, 0.3) is 0 Å². The van der Waals surface area contributed by atoms with E-state index >= 15 is 0 Å². The third-order valence-corrected chi connectivity index (χ3v) is 5.86. The Morgan fingerprint density at radius 3 is 2.62 bits per heavy atom. The zero-order valence-corrected chi connectivity index (χ0v) is 20.7. The van der Waals surface area contributed by atoms with E-state index < -0.39 is 35.9 Å². The maximum atomic E-state index is 14.2. The first-order valence-corrected chi connectivity index (χ1v) is 12.0. The summed E-state index contributed by atoms with van der Waals surface area (Å²) in [6, 6.07) is 6.45. The quantitative estimate of drug-likeness (QED) is 0.633. The third-order valence-electron chi connectivity index (χ3n) is 5.86. The second-order valence-corrected chi connectivity index (χ2v) is 10.5. The molecule has 1 aromatic rings. The van der Waals surface area contributed by atoms with Crippen LogP contribution in [-0.2, 0) is 20.7 Å². The van der Waals surface area contributed by atoms with Gasteiger partial charge in [-0.3, -0.25) is 14.5 Å². The van der Waals surface area contributed by atoms with Crippen LogP contribution in [0.4, 0.5) is 14.9 Å². The first-order chi connectivity index (χ1) is 15.9. The van der Waals surface area contributed by atoms with Crippen molar-refractivity contribution in [1.82, 2.24) is 10.2 Å². The van der Waals surface area contributed by atoms with Crippen molar-refractivity contribution in [3.05, 3.63) is 42.0 Å². The van der Waals surface area contributed by atoms with Gasteiger partial charge in [0.15, 0.2) is 0 Å². The Balaban J connectivity index is 1.68. The summed E-state index contributed by atoms with van der Waals surface area (Å²) in [7, 11) is 0. The lowest BCUT2D eigenvalue weighted by Crippen LogP contribution is -2.49. The number of hydrogen-bond donors (Lipinski definition) is 1. The minimum Gasteiger partial charge on any atom is -0.444 e. The molecule has 2 aliphatic rings. The number of fused-ring (bicyclic) bond motifs is 1. The van der Waals surface area contributed by atoms with Crippen molar-refractivity contribution in [3.8, 4) is 0 Å². The SMILES string of the molecule is CC(C)C[C@@H](/C=C/C(=O)N1CCc2ccccc21)NC(=O)C1C[C@H](F)CN1C(=O)OC(C)(C)C. The minimum atomic E-state index is -1.29. The highest BCUT2D eigenvalue weighted by molar-refractivity contribution is 6.03. The smallest absolute Gasteiger partial charge is 0.411 e. The van der Waals surface area contributed by atoms with Crippen LogP contribution in [0, 0.1) is 5.92 Å². The predicted molar refractivity (Wildman–Crippen MR) is 129 cm³/mol. The Hall–Kier alpha value is -2.90. The number of anilines is 1. The van der Waals surface area contributed by atoms with Gasteiger partial charge in [0.25, 0.3) is 5.91 Å². The summed E-state index contributed by atoms with van der Waals surface area (Å²) in [4.78, 5) is 41.4. The molecule has 3 atom stereocenters. The van der Waals surface area contributed by atoms with Crippen molar-refractivity contribution in [3.63, 3.8) is 0 Å². The Bertz CT molecular complexity index is 940. The highest BCUT2D eigenvalue weighted by atomic mass is 19.1. The van der Waals surface area contributed by atoms with Crippen molar-refractivity contribution in [1.29, 1.82) is 0 Å². The maximum Gasteiger partial charge on any atom is 0.411 e. The van der Waals surface area contributed by atoms with Crippen molar-refractivity contribution < 1.29 is 23.5 Å². The van der Waals surface area contributed by atoms with E-state index in [1.54, 1.807) is 31.7 Å². The first kappa shape index (κ1) is 25.7. The average molecular weight is 474 g/mol. The number of ether oxygens (including phenoxy) is 1. The molecule has 2 aliphatic heterocycles. The Morgan fingerprint density at radius 1 is 1.24 bits per heavy atom. The lowest BCUT2D eigenvalue weighted by molar-refractivity contribution is -0.126. The summed E-state index contributed by atoms with van der Waals surface area (Å²) < 4.78 is 19.5. The number of halogens is 1. The highest BCUT2D eigenvalue weighted by Gasteiger charge is 2.42. The molecule has 0 aromatic heterocycles. The number of nitrogens with one attached hydrogen (secondary N) is 1. The van der Waals surface area contributed by atoms with Gasteiger partial charge < -0.3 is 15.0 Å². The number of para-hydroxylation sites is 1. The van der Waals surface area contributed by atoms with Crippen molar-refractivity contribution in [2.75, 3.05) is 18.0 Å². The summed E-state index contributed by atoms with van der Waals surface area (Å²) in [5, 5.41) is 2.91. The van der Waals surface area contributed by atoms with Crippen LogP contribution in [-0.4, -0.2) is 59.8 Å². The number of nitrogens with zero attached hydrogens (tertiary/aromatic N) is 2. The van der Waals surface area contributed by atoms with Gasteiger partial charge in [-0.15, -0.1) is 0 Å². The predicted octanol–water partition coefficient (Wildman–Crippen LogP) is 4.01. The average Bonchev–Trinajstić information content (AvgIpc) is 3.34. The number of alkyl halides is 1. The number of likely N-dealkylation sites (tertiary alicyclic amines) is 1. The number of rotatable bonds is 6. The fraction of sp³-hybridized carbons (Fsp3) is 0.577. The van der Waals surface area contributed by atoms with Gasteiger partial charge in [0.05, 0.1) is 6.54 Å². The summed E-state index contributed by atoms with van der Waals surface area (Å²) >= 11 is 0. The zero-order valence-electron chi connectivity index (χ0n) is 20.7. The lowest BCUT2D eigenvalue weighted by atomic mass is 10.0. The summed E-state index contributed by atoms with van der Waals surface area (Å²) in [5.74, 6) is -0.342. The molecule has 1 unspecified atom stereocenters. The molecule has 1 aromatic carbocycles. The molecule has 8 heteroatoms. The molecule has 0 saturated carbocycles. The standard InChI is InChI=1S/C26H36FN3O4/c1-17(2)14-20(10-11-23(31)29-13-12-18-8-6-7-9-21(18)29)28-24(32)22-15-19(27)16-30(22)25(33)34-26(3,4)5/h6-11,17,19-20,22H,12-16H2,1-5H3,(H,28,32)/b11-10+/t19-,20+,22?/m0/s1. The molecule has 7 nitrogen and oxygen atoms in total. The van der Waals surface area contributed by atoms with E-state index in [9.17, 15) is 18.8 Å². The summed E-state index contributed by atoms with van der Waals surface area (Å²) in [5.41, 5.74) is 1.30. The molecule has 3 rings (SSSR count). The largest absolute Gasteiger partial charge is 0.444 e. The monoisotopic (exact) mass is 473 g/mol. The zero-order chi connectivity index (χ0) is 25.0. The fourth-order valence-corrected chi connectivity index (χ4v) is 4.38. The van der Waals surface area contributed by atoms with Crippen LogP contribution in [0.2, 0.25) is 0 Å². The van der Waals surface area contributed by atoms with Gasteiger partial charge in [0.2, 0.25) is 5.91 Å². The van der Waals surface area contributed by atoms with Crippen LogP contribution in [0.5, 0.6) is 0 Å².